The Balaban J connectivity index is 1.73. The van der Waals surface area contributed by atoms with E-state index in [9.17, 15) is 14.9 Å². The number of Topliss-reactive ketones (excluding diaryl/α,β-unsaturated/α-hetero) is 1. The number of hydrogen-bond donors (Lipinski definition) is 1. The molecule has 5 nitrogen and oxygen atoms in total. The summed E-state index contributed by atoms with van der Waals surface area (Å²) < 4.78 is 0. The van der Waals surface area contributed by atoms with Crippen molar-refractivity contribution in [2.24, 2.45) is 0 Å². The Morgan fingerprint density at radius 1 is 1.05 bits per heavy atom. The average Bonchev–Trinajstić information content (AvgIpc) is 3.28. The van der Waals surface area contributed by atoms with E-state index in [1.807, 2.05) is 18.2 Å². The molecule has 1 aliphatic rings. The highest BCUT2D eigenvalue weighted by atomic mass is 16.6. The Kier molecular flexibility index (Phi) is 3.04. The molecule has 3 rings (SSSR count). The standard InChI is InChI=1S/C15H12N2O3/c18-15(11-4-2-1-3-5-11)14-13(16-14)10-6-8-12(9-7-10)17(19)20/h1-9,13-14,16H/t13-,14-/m0/s1. The second kappa shape index (κ2) is 4.86. The molecule has 0 unspecified atom stereocenters. The first-order chi connectivity index (χ1) is 9.66. The predicted molar refractivity (Wildman–Crippen MR) is 73.5 cm³/mol. The highest BCUT2D eigenvalue weighted by Crippen LogP contribution is 2.32. The number of carbonyl (C=O) groups excluding carboxylic acids is 1. The summed E-state index contributed by atoms with van der Waals surface area (Å²) in [5.74, 6) is 0.0500. The van der Waals surface area contributed by atoms with Crippen LogP contribution in [-0.2, 0) is 0 Å². The lowest BCUT2D eigenvalue weighted by atomic mass is 10.0. The van der Waals surface area contributed by atoms with Crippen LogP contribution in [0.2, 0.25) is 0 Å². The van der Waals surface area contributed by atoms with E-state index in [0.29, 0.717) is 5.56 Å². The molecule has 1 heterocycles. The van der Waals surface area contributed by atoms with E-state index < -0.39 is 4.92 Å². The van der Waals surface area contributed by atoms with Gasteiger partial charge in [0, 0.05) is 17.7 Å². The Morgan fingerprint density at radius 3 is 2.30 bits per heavy atom. The van der Waals surface area contributed by atoms with E-state index in [0.717, 1.165) is 5.56 Å². The SMILES string of the molecule is O=C(c1ccccc1)[C@H]1N[C@H]1c1ccc([N+](=O)[O-])cc1. The molecule has 1 saturated heterocycles. The van der Waals surface area contributed by atoms with Crippen molar-refractivity contribution in [1.29, 1.82) is 0 Å². The highest BCUT2D eigenvalue weighted by molar-refractivity contribution is 6.02. The minimum Gasteiger partial charge on any atom is -0.297 e. The Hall–Kier alpha value is -2.53. The molecule has 2 aromatic rings. The third kappa shape index (κ3) is 2.31. The van der Waals surface area contributed by atoms with E-state index in [-0.39, 0.29) is 23.6 Å². The van der Waals surface area contributed by atoms with Crippen molar-refractivity contribution in [1.82, 2.24) is 5.32 Å². The number of rotatable bonds is 4. The van der Waals surface area contributed by atoms with E-state index in [2.05, 4.69) is 5.32 Å². The van der Waals surface area contributed by atoms with Gasteiger partial charge in [-0.25, -0.2) is 0 Å². The molecule has 20 heavy (non-hydrogen) atoms. The van der Waals surface area contributed by atoms with Crippen LogP contribution in [0.5, 0.6) is 0 Å². The van der Waals surface area contributed by atoms with Crippen molar-refractivity contribution in [3.05, 3.63) is 75.8 Å². The smallest absolute Gasteiger partial charge is 0.269 e. The van der Waals surface area contributed by atoms with E-state index in [4.69, 9.17) is 0 Å². The van der Waals surface area contributed by atoms with Gasteiger partial charge in [-0.15, -0.1) is 0 Å². The van der Waals surface area contributed by atoms with Crippen LogP contribution < -0.4 is 5.32 Å². The number of nitrogens with one attached hydrogen (secondary N) is 1. The van der Waals surface area contributed by atoms with Crippen LogP contribution in [0.3, 0.4) is 0 Å². The number of nitrogens with zero attached hydrogens (tertiary/aromatic N) is 1. The van der Waals surface area contributed by atoms with Crippen molar-refractivity contribution >= 4 is 11.5 Å². The topological polar surface area (TPSA) is 82.2 Å². The fourth-order valence-corrected chi connectivity index (χ4v) is 2.24. The van der Waals surface area contributed by atoms with Crippen molar-refractivity contribution in [2.75, 3.05) is 0 Å². The lowest BCUT2D eigenvalue weighted by Gasteiger charge is -1.99. The summed E-state index contributed by atoms with van der Waals surface area (Å²) in [5, 5.41) is 13.7. The van der Waals surface area contributed by atoms with Crippen LogP contribution >= 0.6 is 0 Å². The first-order valence-corrected chi connectivity index (χ1v) is 6.26. The highest BCUT2D eigenvalue weighted by Gasteiger charge is 2.43. The Bertz CT molecular complexity index is 653. The van der Waals surface area contributed by atoms with Crippen molar-refractivity contribution in [3.63, 3.8) is 0 Å². The maximum Gasteiger partial charge on any atom is 0.269 e. The van der Waals surface area contributed by atoms with Crippen LogP contribution in [-0.4, -0.2) is 16.7 Å². The Morgan fingerprint density at radius 2 is 1.70 bits per heavy atom. The maximum atomic E-state index is 12.2. The molecule has 1 N–H and O–H groups in total. The lowest BCUT2D eigenvalue weighted by Crippen LogP contribution is -2.09. The molecule has 0 amide bonds. The number of benzene rings is 2. The van der Waals surface area contributed by atoms with Gasteiger partial charge in [-0.1, -0.05) is 42.5 Å². The van der Waals surface area contributed by atoms with Gasteiger partial charge in [-0.05, 0) is 5.56 Å². The average molecular weight is 268 g/mol. The molecule has 0 saturated carbocycles. The summed E-state index contributed by atoms with van der Waals surface area (Å²) in [7, 11) is 0. The molecule has 0 aromatic heterocycles. The van der Waals surface area contributed by atoms with Crippen LogP contribution in [0.4, 0.5) is 5.69 Å². The summed E-state index contributed by atoms with van der Waals surface area (Å²) in [6.45, 7) is 0. The fourth-order valence-electron chi connectivity index (χ4n) is 2.24. The molecule has 0 bridgehead atoms. The van der Waals surface area contributed by atoms with Gasteiger partial charge in [-0.3, -0.25) is 20.2 Å². The molecule has 5 heteroatoms. The monoisotopic (exact) mass is 268 g/mol. The Labute approximate surface area is 115 Å². The van der Waals surface area contributed by atoms with Crippen LogP contribution in [0.15, 0.2) is 54.6 Å². The van der Waals surface area contributed by atoms with Crippen LogP contribution in [0.25, 0.3) is 0 Å². The van der Waals surface area contributed by atoms with Crippen molar-refractivity contribution in [2.45, 2.75) is 12.1 Å². The second-order valence-corrected chi connectivity index (χ2v) is 4.70. The summed E-state index contributed by atoms with van der Waals surface area (Å²) in [4.78, 5) is 22.4. The zero-order valence-electron chi connectivity index (χ0n) is 10.5. The largest absolute Gasteiger partial charge is 0.297 e. The summed E-state index contributed by atoms with van der Waals surface area (Å²) >= 11 is 0. The van der Waals surface area contributed by atoms with Gasteiger partial charge in [0.25, 0.3) is 5.69 Å². The molecule has 2 atom stereocenters. The summed E-state index contributed by atoms with van der Waals surface area (Å²) in [5.41, 5.74) is 1.62. The minimum atomic E-state index is -0.434. The van der Waals surface area contributed by atoms with E-state index in [1.54, 1.807) is 24.3 Å². The summed E-state index contributed by atoms with van der Waals surface area (Å²) in [6.07, 6.45) is 0. The van der Waals surface area contributed by atoms with Gasteiger partial charge < -0.3 is 0 Å². The molecular weight excluding hydrogens is 256 g/mol. The molecule has 0 radical (unpaired) electrons. The van der Waals surface area contributed by atoms with Crippen molar-refractivity contribution in [3.8, 4) is 0 Å². The quantitative estimate of drug-likeness (QED) is 0.399. The molecule has 100 valence electrons. The molecule has 2 aromatic carbocycles. The number of nitro groups is 1. The normalized spacial score (nSPS) is 20.4. The number of nitro benzene ring substituents is 1. The van der Waals surface area contributed by atoms with Crippen LogP contribution in [0, 0.1) is 10.1 Å². The van der Waals surface area contributed by atoms with Gasteiger partial charge in [0.15, 0.2) is 5.78 Å². The first-order valence-electron chi connectivity index (χ1n) is 6.26. The van der Waals surface area contributed by atoms with Gasteiger partial charge in [0.2, 0.25) is 0 Å². The fraction of sp³-hybridized carbons (Fsp3) is 0.133. The van der Waals surface area contributed by atoms with Gasteiger partial charge in [0.1, 0.15) is 0 Å². The predicted octanol–water partition coefficient (Wildman–Crippen LogP) is 2.49. The molecule has 0 spiro atoms. The zero-order valence-corrected chi connectivity index (χ0v) is 10.5. The minimum absolute atomic E-state index is 0.0500. The van der Waals surface area contributed by atoms with E-state index >= 15 is 0 Å². The van der Waals surface area contributed by atoms with Crippen molar-refractivity contribution < 1.29 is 9.72 Å². The van der Waals surface area contributed by atoms with Crippen LogP contribution in [0.1, 0.15) is 22.0 Å². The van der Waals surface area contributed by atoms with E-state index in [1.165, 1.54) is 12.1 Å². The number of hydrogen-bond acceptors (Lipinski definition) is 4. The lowest BCUT2D eigenvalue weighted by molar-refractivity contribution is -0.384. The number of non-ortho nitro benzene ring substituents is 1. The summed E-state index contributed by atoms with van der Waals surface area (Å²) in [6, 6.07) is 15.1. The van der Waals surface area contributed by atoms with Gasteiger partial charge >= 0.3 is 0 Å². The molecule has 0 aliphatic carbocycles. The third-order valence-corrected chi connectivity index (χ3v) is 3.39. The molecular formula is C15H12N2O3. The third-order valence-electron chi connectivity index (χ3n) is 3.39. The first kappa shape index (κ1) is 12.5. The molecule has 1 aliphatic heterocycles. The number of ketones is 1. The zero-order chi connectivity index (χ0) is 14.1. The maximum absolute atomic E-state index is 12.2. The molecule has 1 fully saturated rings. The second-order valence-electron chi connectivity index (χ2n) is 4.70. The van der Waals surface area contributed by atoms with Gasteiger partial charge in [0.05, 0.1) is 17.0 Å². The number of carbonyl (C=O) groups is 1. The van der Waals surface area contributed by atoms with Gasteiger partial charge in [-0.2, -0.15) is 0 Å².